The molecule has 0 saturated heterocycles. The largest absolute Gasteiger partial charge is 0.374 e. The second-order valence-electron chi connectivity index (χ2n) is 5.39. The van der Waals surface area contributed by atoms with Crippen molar-refractivity contribution in [1.82, 2.24) is 9.97 Å². The van der Waals surface area contributed by atoms with Crippen LogP contribution in [0.4, 0.5) is 11.6 Å². The van der Waals surface area contributed by atoms with E-state index in [1.807, 2.05) is 31.8 Å². The lowest BCUT2D eigenvalue weighted by Crippen LogP contribution is -2.30. The standard InChI is InChI=1S/C15H26N4OS/c1-4-20-10-14-18-12(16-2)9-13(19-14)17-11-15(21-3)7-5-6-8-15/h9H,4-8,10-11H2,1-3H3,(H2,16,17,18,19). The second-order valence-corrected chi connectivity index (χ2v) is 6.66. The number of hydrogen-bond donors (Lipinski definition) is 2. The molecule has 1 aliphatic carbocycles. The fourth-order valence-corrected chi connectivity index (χ4v) is 3.61. The summed E-state index contributed by atoms with van der Waals surface area (Å²) in [7, 11) is 1.87. The smallest absolute Gasteiger partial charge is 0.158 e. The van der Waals surface area contributed by atoms with Gasteiger partial charge in [0.2, 0.25) is 0 Å². The Morgan fingerprint density at radius 2 is 2.00 bits per heavy atom. The van der Waals surface area contributed by atoms with Crippen molar-refractivity contribution < 1.29 is 4.74 Å². The molecule has 0 amide bonds. The molecule has 1 aromatic rings. The topological polar surface area (TPSA) is 59.1 Å². The van der Waals surface area contributed by atoms with E-state index in [4.69, 9.17) is 4.74 Å². The monoisotopic (exact) mass is 310 g/mol. The molecule has 0 radical (unpaired) electrons. The molecular formula is C15H26N4OS. The highest BCUT2D eigenvalue weighted by molar-refractivity contribution is 8.00. The maximum Gasteiger partial charge on any atom is 0.158 e. The molecule has 1 saturated carbocycles. The predicted octanol–water partition coefficient (Wildman–Crippen LogP) is 3.14. The Hall–Kier alpha value is -1.01. The van der Waals surface area contributed by atoms with Gasteiger partial charge in [0.05, 0.1) is 0 Å². The van der Waals surface area contributed by atoms with Crippen LogP contribution < -0.4 is 10.6 Å². The zero-order chi connectivity index (χ0) is 15.1. The summed E-state index contributed by atoms with van der Waals surface area (Å²) < 4.78 is 5.77. The first-order valence-corrected chi connectivity index (χ1v) is 8.86. The van der Waals surface area contributed by atoms with Crippen LogP contribution in [0.5, 0.6) is 0 Å². The van der Waals surface area contributed by atoms with Gasteiger partial charge in [0.15, 0.2) is 5.82 Å². The number of nitrogens with zero attached hydrogens (tertiary/aromatic N) is 2. The summed E-state index contributed by atoms with van der Waals surface area (Å²) in [6.45, 7) is 4.06. The number of aromatic nitrogens is 2. The van der Waals surface area contributed by atoms with Crippen LogP contribution in [0.3, 0.4) is 0 Å². The van der Waals surface area contributed by atoms with Gasteiger partial charge in [0.25, 0.3) is 0 Å². The normalized spacial score (nSPS) is 16.9. The fourth-order valence-electron chi connectivity index (χ4n) is 2.70. The first-order chi connectivity index (χ1) is 10.2. The molecule has 0 spiro atoms. The molecule has 118 valence electrons. The summed E-state index contributed by atoms with van der Waals surface area (Å²) in [6.07, 6.45) is 7.47. The average molecular weight is 310 g/mol. The Balaban J connectivity index is 2.04. The van der Waals surface area contributed by atoms with Gasteiger partial charge in [-0.25, -0.2) is 9.97 Å². The van der Waals surface area contributed by atoms with Crippen molar-refractivity contribution in [2.24, 2.45) is 0 Å². The Labute approximate surface area is 131 Å². The molecule has 1 aromatic heterocycles. The molecule has 2 N–H and O–H groups in total. The molecule has 2 rings (SSSR count). The lowest BCUT2D eigenvalue weighted by Gasteiger charge is -2.27. The Morgan fingerprint density at radius 3 is 2.62 bits per heavy atom. The van der Waals surface area contributed by atoms with Crippen LogP contribution in [0.15, 0.2) is 6.07 Å². The maximum atomic E-state index is 5.41. The van der Waals surface area contributed by atoms with Crippen molar-refractivity contribution in [3.63, 3.8) is 0 Å². The van der Waals surface area contributed by atoms with E-state index in [1.165, 1.54) is 25.7 Å². The number of hydrogen-bond acceptors (Lipinski definition) is 6. The van der Waals surface area contributed by atoms with Crippen molar-refractivity contribution in [2.75, 3.05) is 37.1 Å². The summed E-state index contributed by atoms with van der Waals surface area (Å²) in [4.78, 5) is 8.96. The number of anilines is 2. The third kappa shape index (κ3) is 4.48. The van der Waals surface area contributed by atoms with Crippen LogP contribution in [0.1, 0.15) is 38.4 Å². The summed E-state index contributed by atoms with van der Waals surface area (Å²) in [5, 5.41) is 6.59. The van der Waals surface area contributed by atoms with Crippen molar-refractivity contribution >= 4 is 23.4 Å². The van der Waals surface area contributed by atoms with Crippen LogP contribution in [-0.2, 0) is 11.3 Å². The van der Waals surface area contributed by atoms with Crippen molar-refractivity contribution in [2.45, 2.75) is 44.0 Å². The van der Waals surface area contributed by atoms with Gasteiger partial charge in [-0.2, -0.15) is 11.8 Å². The maximum absolute atomic E-state index is 5.41. The van der Waals surface area contributed by atoms with Crippen molar-refractivity contribution in [1.29, 1.82) is 0 Å². The third-order valence-electron chi connectivity index (χ3n) is 4.00. The number of thioether (sulfide) groups is 1. The first-order valence-electron chi connectivity index (χ1n) is 7.64. The molecule has 0 unspecified atom stereocenters. The molecule has 1 aliphatic rings. The van der Waals surface area contributed by atoms with Crippen LogP contribution in [0.25, 0.3) is 0 Å². The predicted molar refractivity (Wildman–Crippen MR) is 90.1 cm³/mol. The SMILES string of the molecule is CCOCc1nc(NC)cc(NCC2(SC)CCCC2)n1. The highest BCUT2D eigenvalue weighted by Crippen LogP contribution is 2.40. The molecular weight excluding hydrogens is 284 g/mol. The fraction of sp³-hybridized carbons (Fsp3) is 0.733. The second kappa shape index (κ2) is 7.84. The van der Waals surface area contributed by atoms with E-state index in [-0.39, 0.29) is 0 Å². The Kier molecular flexibility index (Phi) is 6.11. The summed E-state index contributed by atoms with van der Waals surface area (Å²) >= 11 is 1.98. The van der Waals surface area contributed by atoms with E-state index in [2.05, 4.69) is 26.9 Å². The minimum absolute atomic E-state index is 0.366. The molecule has 0 aromatic carbocycles. The summed E-state index contributed by atoms with van der Waals surface area (Å²) in [5.74, 6) is 2.42. The number of nitrogens with one attached hydrogen (secondary N) is 2. The van der Waals surface area contributed by atoms with E-state index in [1.54, 1.807) is 0 Å². The number of rotatable bonds is 8. The minimum Gasteiger partial charge on any atom is -0.374 e. The van der Waals surface area contributed by atoms with Gasteiger partial charge in [-0.1, -0.05) is 12.8 Å². The van der Waals surface area contributed by atoms with Crippen LogP contribution in [0, 0.1) is 0 Å². The van der Waals surface area contributed by atoms with Gasteiger partial charge in [0, 0.05) is 31.0 Å². The molecule has 21 heavy (non-hydrogen) atoms. The quantitative estimate of drug-likeness (QED) is 0.769. The van der Waals surface area contributed by atoms with Crippen molar-refractivity contribution in [3.8, 4) is 0 Å². The highest BCUT2D eigenvalue weighted by Gasteiger charge is 2.32. The molecule has 0 aliphatic heterocycles. The van der Waals surface area contributed by atoms with E-state index >= 15 is 0 Å². The minimum atomic E-state index is 0.366. The summed E-state index contributed by atoms with van der Waals surface area (Å²) in [6, 6.07) is 1.96. The highest BCUT2D eigenvalue weighted by atomic mass is 32.2. The molecule has 1 heterocycles. The van der Waals surface area contributed by atoms with Gasteiger partial charge in [-0.15, -0.1) is 0 Å². The van der Waals surface area contributed by atoms with E-state index < -0.39 is 0 Å². The van der Waals surface area contributed by atoms with Crippen LogP contribution >= 0.6 is 11.8 Å². The Bertz CT molecular complexity index is 449. The Morgan fingerprint density at radius 1 is 1.29 bits per heavy atom. The van der Waals surface area contributed by atoms with Gasteiger partial charge in [0.1, 0.15) is 18.2 Å². The zero-order valence-corrected chi connectivity index (χ0v) is 14.1. The third-order valence-corrected chi connectivity index (χ3v) is 5.42. The molecule has 1 fully saturated rings. The van der Waals surface area contributed by atoms with Gasteiger partial charge in [-0.3, -0.25) is 0 Å². The van der Waals surface area contributed by atoms with Gasteiger partial charge in [-0.05, 0) is 26.0 Å². The lowest BCUT2D eigenvalue weighted by molar-refractivity contribution is 0.128. The van der Waals surface area contributed by atoms with E-state index in [9.17, 15) is 0 Å². The molecule has 6 heteroatoms. The van der Waals surface area contributed by atoms with E-state index in [0.29, 0.717) is 18.0 Å². The average Bonchev–Trinajstić information content (AvgIpc) is 3.00. The van der Waals surface area contributed by atoms with Crippen LogP contribution in [0.2, 0.25) is 0 Å². The lowest BCUT2D eigenvalue weighted by atomic mass is 10.1. The van der Waals surface area contributed by atoms with Crippen LogP contribution in [-0.4, -0.2) is 41.2 Å². The molecule has 5 nitrogen and oxygen atoms in total. The zero-order valence-electron chi connectivity index (χ0n) is 13.2. The van der Waals surface area contributed by atoms with Gasteiger partial charge >= 0.3 is 0 Å². The van der Waals surface area contributed by atoms with Gasteiger partial charge < -0.3 is 15.4 Å². The number of ether oxygens (including phenoxy) is 1. The van der Waals surface area contributed by atoms with Crippen molar-refractivity contribution in [3.05, 3.63) is 11.9 Å². The molecule has 0 bridgehead atoms. The molecule has 0 atom stereocenters. The first kappa shape index (κ1) is 16.4. The summed E-state index contributed by atoms with van der Waals surface area (Å²) in [5.41, 5.74) is 0. The van der Waals surface area contributed by atoms with E-state index in [0.717, 1.165) is 24.0 Å².